The van der Waals surface area contributed by atoms with E-state index in [0.717, 1.165) is 63.7 Å². The quantitative estimate of drug-likeness (QED) is 0.770. The van der Waals surface area contributed by atoms with Crippen LogP contribution in [0.3, 0.4) is 0 Å². The largest absolute Gasteiger partial charge is 0.378 e. The van der Waals surface area contributed by atoms with Crippen molar-refractivity contribution in [2.24, 2.45) is 0 Å². The maximum Gasteiger partial charge on any atom is 0.257 e. The van der Waals surface area contributed by atoms with E-state index in [-0.39, 0.29) is 5.91 Å². The first-order chi connectivity index (χ1) is 14.5. The Hall–Kier alpha value is -2.64. The van der Waals surface area contributed by atoms with Gasteiger partial charge in [0.1, 0.15) is 5.82 Å². The molecule has 1 aromatic heterocycles. The summed E-state index contributed by atoms with van der Waals surface area (Å²) >= 11 is 0. The lowest BCUT2D eigenvalue weighted by Gasteiger charge is -2.33. The smallest absolute Gasteiger partial charge is 0.257 e. The van der Waals surface area contributed by atoms with Crippen molar-refractivity contribution in [3.63, 3.8) is 0 Å². The van der Waals surface area contributed by atoms with Gasteiger partial charge in [0.15, 0.2) is 0 Å². The third-order valence-electron chi connectivity index (χ3n) is 5.86. The summed E-state index contributed by atoms with van der Waals surface area (Å²) < 4.78 is 5.44. The number of nitrogens with zero attached hydrogens (tertiary/aromatic N) is 5. The summed E-state index contributed by atoms with van der Waals surface area (Å²) in [5.41, 5.74) is 3.80. The van der Waals surface area contributed by atoms with E-state index >= 15 is 0 Å². The molecule has 2 aliphatic rings. The van der Waals surface area contributed by atoms with Crippen molar-refractivity contribution in [3.05, 3.63) is 42.0 Å². The maximum atomic E-state index is 13.1. The Bertz CT molecular complexity index is 870. The van der Waals surface area contributed by atoms with E-state index in [2.05, 4.69) is 41.1 Å². The minimum atomic E-state index is 0.0634. The molecule has 1 amide bonds. The number of ether oxygens (including phenoxy) is 1. The lowest BCUT2D eigenvalue weighted by atomic mass is 10.1. The summed E-state index contributed by atoms with van der Waals surface area (Å²) in [6.45, 7) is 6.72. The highest BCUT2D eigenvalue weighted by molar-refractivity contribution is 5.99. The Labute approximate surface area is 178 Å². The zero-order valence-electron chi connectivity index (χ0n) is 18.2. The zero-order chi connectivity index (χ0) is 21.1. The summed E-state index contributed by atoms with van der Waals surface area (Å²) in [6, 6.07) is 12.4. The zero-order valence-corrected chi connectivity index (χ0v) is 18.2. The van der Waals surface area contributed by atoms with Crippen LogP contribution in [0.1, 0.15) is 10.4 Å². The summed E-state index contributed by atoms with van der Waals surface area (Å²) in [4.78, 5) is 26.4. The Balaban J connectivity index is 1.56. The molecule has 0 spiro atoms. The predicted molar refractivity (Wildman–Crippen MR) is 120 cm³/mol. The van der Waals surface area contributed by atoms with Crippen LogP contribution in [0.15, 0.2) is 36.4 Å². The van der Waals surface area contributed by atoms with Gasteiger partial charge in [0, 0.05) is 64.6 Å². The van der Waals surface area contributed by atoms with Crippen LogP contribution < -0.4 is 9.80 Å². The second-order valence-electron chi connectivity index (χ2n) is 8.20. The first-order valence-electron chi connectivity index (χ1n) is 10.6. The first-order valence-corrected chi connectivity index (χ1v) is 10.6. The van der Waals surface area contributed by atoms with Crippen molar-refractivity contribution in [2.75, 3.05) is 83.4 Å². The average Bonchev–Trinajstić information content (AvgIpc) is 2.79. The van der Waals surface area contributed by atoms with Crippen molar-refractivity contribution in [3.8, 4) is 11.3 Å². The van der Waals surface area contributed by atoms with E-state index in [0.29, 0.717) is 11.4 Å². The van der Waals surface area contributed by atoms with Crippen LogP contribution in [0.25, 0.3) is 11.3 Å². The summed E-state index contributed by atoms with van der Waals surface area (Å²) in [7, 11) is 5.97. The molecule has 3 heterocycles. The van der Waals surface area contributed by atoms with Gasteiger partial charge in [-0.1, -0.05) is 12.1 Å². The Morgan fingerprint density at radius 2 is 1.60 bits per heavy atom. The predicted octanol–water partition coefficient (Wildman–Crippen LogP) is 2.04. The number of pyridine rings is 1. The van der Waals surface area contributed by atoms with Gasteiger partial charge in [0.05, 0.1) is 24.5 Å². The highest BCUT2D eigenvalue weighted by Crippen LogP contribution is 2.27. The number of rotatable bonds is 4. The second-order valence-corrected chi connectivity index (χ2v) is 8.20. The second kappa shape index (κ2) is 9.02. The van der Waals surface area contributed by atoms with Gasteiger partial charge in [-0.2, -0.15) is 0 Å². The molecule has 7 heteroatoms. The molecule has 1 aromatic carbocycles. The fourth-order valence-electron chi connectivity index (χ4n) is 3.96. The fraction of sp³-hybridized carbons (Fsp3) is 0.478. The summed E-state index contributed by atoms with van der Waals surface area (Å²) in [6.07, 6.45) is 0. The average molecular weight is 410 g/mol. The normalized spacial score (nSPS) is 17.8. The maximum absolute atomic E-state index is 13.1. The van der Waals surface area contributed by atoms with Crippen LogP contribution in [-0.4, -0.2) is 94.3 Å². The molecule has 160 valence electrons. The molecule has 2 fully saturated rings. The lowest BCUT2D eigenvalue weighted by molar-refractivity contribution is 0.0664. The lowest BCUT2D eigenvalue weighted by Crippen LogP contribution is -2.47. The number of piperazine rings is 1. The molecule has 0 radical (unpaired) electrons. The molecule has 2 saturated heterocycles. The van der Waals surface area contributed by atoms with Gasteiger partial charge in [-0.05, 0) is 31.3 Å². The van der Waals surface area contributed by atoms with Crippen molar-refractivity contribution in [1.29, 1.82) is 0 Å². The molecular formula is C23H31N5O2. The van der Waals surface area contributed by atoms with E-state index in [1.807, 2.05) is 36.0 Å². The number of morpholine rings is 1. The van der Waals surface area contributed by atoms with Crippen molar-refractivity contribution >= 4 is 17.4 Å². The van der Waals surface area contributed by atoms with Gasteiger partial charge < -0.3 is 24.3 Å². The molecule has 0 aliphatic carbocycles. The minimum Gasteiger partial charge on any atom is -0.378 e. The molecule has 0 N–H and O–H groups in total. The fourth-order valence-corrected chi connectivity index (χ4v) is 3.96. The van der Waals surface area contributed by atoms with Crippen LogP contribution in [0.5, 0.6) is 0 Å². The SMILES string of the molecule is CN1CCN(C(=O)c2ccc(-c3ccc(N4CCOCC4)cc3)nc2N(C)C)CC1. The molecule has 7 nitrogen and oxygen atoms in total. The number of amides is 1. The molecule has 0 bridgehead atoms. The molecule has 2 aliphatic heterocycles. The highest BCUT2D eigenvalue weighted by atomic mass is 16.5. The van der Waals surface area contributed by atoms with Crippen LogP contribution in [0.2, 0.25) is 0 Å². The Morgan fingerprint density at radius 1 is 0.933 bits per heavy atom. The van der Waals surface area contributed by atoms with Gasteiger partial charge in [-0.25, -0.2) is 4.98 Å². The monoisotopic (exact) mass is 409 g/mol. The number of likely N-dealkylation sites (N-methyl/N-ethyl adjacent to an activating group) is 1. The van der Waals surface area contributed by atoms with Gasteiger partial charge in [-0.3, -0.25) is 4.79 Å². The van der Waals surface area contributed by atoms with E-state index in [1.54, 1.807) is 0 Å². The number of benzene rings is 1. The van der Waals surface area contributed by atoms with Gasteiger partial charge >= 0.3 is 0 Å². The first kappa shape index (κ1) is 20.6. The van der Waals surface area contributed by atoms with Gasteiger partial charge in [0.2, 0.25) is 0 Å². The van der Waals surface area contributed by atoms with E-state index in [1.165, 1.54) is 5.69 Å². The van der Waals surface area contributed by atoms with Crippen molar-refractivity contribution in [1.82, 2.24) is 14.8 Å². The molecule has 0 unspecified atom stereocenters. The van der Waals surface area contributed by atoms with Crippen LogP contribution in [-0.2, 0) is 4.74 Å². The van der Waals surface area contributed by atoms with Crippen LogP contribution in [0, 0.1) is 0 Å². The molecule has 0 saturated carbocycles. The molecule has 2 aromatic rings. The number of hydrogen-bond acceptors (Lipinski definition) is 6. The van der Waals surface area contributed by atoms with Crippen molar-refractivity contribution in [2.45, 2.75) is 0 Å². The third-order valence-corrected chi connectivity index (χ3v) is 5.86. The van der Waals surface area contributed by atoms with Crippen LogP contribution in [0.4, 0.5) is 11.5 Å². The number of carbonyl (C=O) groups excluding carboxylic acids is 1. The van der Waals surface area contributed by atoms with Crippen LogP contribution >= 0.6 is 0 Å². The summed E-state index contributed by atoms with van der Waals surface area (Å²) in [5.74, 6) is 0.780. The van der Waals surface area contributed by atoms with Gasteiger partial charge in [-0.15, -0.1) is 0 Å². The Morgan fingerprint density at radius 3 is 2.23 bits per heavy atom. The van der Waals surface area contributed by atoms with Gasteiger partial charge in [0.25, 0.3) is 5.91 Å². The molecular weight excluding hydrogens is 378 g/mol. The standard InChI is InChI=1S/C23H31N5O2/c1-25(2)22-20(23(29)28-12-10-26(3)11-13-28)8-9-21(24-22)18-4-6-19(7-5-18)27-14-16-30-17-15-27/h4-9H,10-17H2,1-3H3. The topological polar surface area (TPSA) is 52.1 Å². The molecule has 30 heavy (non-hydrogen) atoms. The van der Waals surface area contributed by atoms with E-state index in [9.17, 15) is 4.79 Å². The minimum absolute atomic E-state index is 0.0634. The molecule has 4 rings (SSSR count). The molecule has 0 atom stereocenters. The highest BCUT2D eigenvalue weighted by Gasteiger charge is 2.24. The number of carbonyl (C=O) groups is 1. The van der Waals surface area contributed by atoms with E-state index < -0.39 is 0 Å². The number of aromatic nitrogens is 1. The van der Waals surface area contributed by atoms with Crippen molar-refractivity contribution < 1.29 is 9.53 Å². The summed E-state index contributed by atoms with van der Waals surface area (Å²) in [5, 5.41) is 0. The third kappa shape index (κ3) is 4.42. The van der Waals surface area contributed by atoms with E-state index in [4.69, 9.17) is 9.72 Å². The Kier molecular flexibility index (Phi) is 6.20. The number of hydrogen-bond donors (Lipinski definition) is 0. The number of anilines is 2.